The van der Waals surface area contributed by atoms with Gasteiger partial charge >= 0.3 is 0 Å². The van der Waals surface area contributed by atoms with E-state index < -0.39 is 0 Å². The minimum atomic E-state index is 0.287. The first-order chi connectivity index (χ1) is 7.72. The summed E-state index contributed by atoms with van der Waals surface area (Å²) in [5.41, 5.74) is 5.56. The van der Waals surface area contributed by atoms with Crippen molar-refractivity contribution in [2.45, 2.75) is 37.5 Å². The molecule has 3 atom stereocenters. The lowest BCUT2D eigenvalue weighted by molar-refractivity contribution is 0.102. The number of nitrogen functional groups attached to an aromatic ring is 1. The number of rotatable bonds is 2. The maximum absolute atomic E-state index is 5.77. The van der Waals surface area contributed by atoms with Gasteiger partial charge in [-0.1, -0.05) is 0 Å². The maximum atomic E-state index is 5.77. The Bertz CT molecular complexity index is 414. The molecule has 0 spiro atoms. The van der Waals surface area contributed by atoms with Crippen molar-refractivity contribution in [2.75, 3.05) is 11.1 Å². The van der Waals surface area contributed by atoms with Crippen molar-refractivity contribution < 1.29 is 4.74 Å². The lowest BCUT2D eigenvalue weighted by Crippen LogP contribution is -2.31. The largest absolute Gasteiger partial charge is 0.373 e. The average molecular weight is 285 g/mol. The Morgan fingerprint density at radius 2 is 2.38 bits per heavy atom. The Hall–Kier alpha value is -0.880. The summed E-state index contributed by atoms with van der Waals surface area (Å²) >= 11 is 3.41. The summed E-state index contributed by atoms with van der Waals surface area (Å²) in [6.07, 6.45) is 5.81. The molecule has 16 heavy (non-hydrogen) atoms. The quantitative estimate of drug-likeness (QED) is 0.862. The van der Waals surface area contributed by atoms with E-state index in [1.54, 1.807) is 6.20 Å². The molecule has 2 aliphatic heterocycles. The number of nitrogens with one attached hydrogen (secondary N) is 1. The first kappa shape index (κ1) is 10.3. The van der Waals surface area contributed by atoms with Gasteiger partial charge in [-0.3, -0.25) is 0 Å². The second-order valence-corrected chi connectivity index (χ2v) is 5.14. The van der Waals surface area contributed by atoms with E-state index >= 15 is 0 Å². The lowest BCUT2D eigenvalue weighted by atomic mass is 9.95. The highest BCUT2D eigenvalue weighted by molar-refractivity contribution is 9.10. The molecule has 1 aromatic heterocycles. The van der Waals surface area contributed by atoms with Crippen molar-refractivity contribution in [2.24, 2.45) is 0 Å². The van der Waals surface area contributed by atoms with Gasteiger partial charge < -0.3 is 15.8 Å². The first-order valence-electron chi connectivity index (χ1n) is 5.42. The highest BCUT2D eigenvalue weighted by Gasteiger charge is 2.40. The highest BCUT2D eigenvalue weighted by atomic mass is 79.9. The summed E-state index contributed by atoms with van der Waals surface area (Å²) in [6.45, 7) is 0. The number of hydrogen-bond donors (Lipinski definition) is 2. The zero-order valence-electron chi connectivity index (χ0n) is 8.69. The molecule has 1 aromatic rings. The smallest absolute Gasteiger partial charge is 0.221 e. The minimum absolute atomic E-state index is 0.287. The molecule has 2 aliphatic rings. The lowest BCUT2D eigenvalue weighted by Gasteiger charge is -2.21. The van der Waals surface area contributed by atoms with E-state index in [1.807, 2.05) is 0 Å². The molecule has 2 fully saturated rings. The molecular formula is C10H13BrN4O. The van der Waals surface area contributed by atoms with Crippen LogP contribution in [-0.4, -0.2) is 28.2 Å². The highest BCUT2D eigenvalue weighted by Crippen LogP contribution is 2.36. The number of anilines is 2. The number of hydrogen-bond acceptors (Lipinski definition) is 5. The Morgan fingerprint density at radius 1 is 1.50 bits per heavy atom. The van der Waals surface area contributed by atoms with Gasteiger partial charge in [0, 0.05) is 6.20 Å². The van der Waals surface area contributed by atoms with E-state index in [0.29, 0.717) is 18.2 Å². The van der Waals surface area contributed by atoms with Gasteiger partial charge in [0.25, 0.3) is 0 Å². The van der Waals surface area contributed by atoms with Crippen LogP contribution in [0.2, 0.25) is 0 Å². The monoisotopic (exact) mass is 284 g/mol. The van der Waals surface area contributed by atoms with E-state index in [0.717, 1.165) is 23.1 Å². The van der Waals surface area contributed by atoms with Crippen LogP contribution in [0.1, 0.15) is 19.3 Å². The van der Waals surface area contributed by atoms with Gasteiger partial charge in [-0.2, -0.15) is 4.98 Å². The third-order valence-corrected chi connectivity index (χ3v) is 3.77. The number of fused-ring (bicyclic) bond motifs is 2. The van der Waals surface area contributed by atoms with E-state index in [1.165, 1.54) is 6.42 Å². The number of nitrogens with two attached hydrogens (primary N) is 1. The summed E-state index contributed by atoms with van der Waals surface area (Å²) in [5, 5.41) is 3.38. The molecule has 86 valence electrons. The van der Waals surface area contributed by atoms with Crippen LogP contribution in [-0.2, 0) is 4.74 Å². The number of nitrogens with zero attached hydrogens (tertiary/aromatic N) is 2. The van der Waals surface area contributed by atoms with E-state index in [9.17, 15) is 0 Å². The van der Waals surface area contributed by atoms with Crippen LogP contribution in [0.25, 0.3) is 0 Å². The van der Waals surface area contributed by atoms with E-state index in [2.05, 4.69) is 31.2 Å². The molecule has 0 amide bonds. The van der Waals surface area contributed by atoms with Crippen molar-refractivity contribution in [3.8, 4) is 0 Å². The van der Waals surface area contributed by atoms with Crippen LogP contribution in [0.15, 0.2) is 10.7 Å². The molecule has 5 nitrogen and oxygen atoms in total. The van der Waals surface area contributed by atoms with Gasteiger partial charge in [0.05, 0.1) is 22.7 Å². The molecule has 3 heterocycles. The summed E-state index contributed by atoms with van der Waals surface area (Å²) in [6, 6.07) is 0.351. The Kier molecular flexibility index (Phi) is 2.48. The van der Waals surface area contributed by atoms with Crippen LogP contribution < -0.4 is 11.1 Å². The molecule has 2 bridgehead atoms. The molecule has 6 heteroatoms. The predicted octanol–water partition coefficient (Wildman–Crippen LogP) is 1.55. The summed E-state index contributed by atoms with van der Waals surface area (Å²) in [5.74, 6) is 1.04. The fourth-order valence-electron chi connectivity index (χ4n) is 2.45. The van der Waals surface area contributed by atoms with Gasteiger partial charge in [-0.25, -0.2) is 4.98 Å². The standard InChI is InChI=1S/C10H13BrN4O/c11-6-4-13-10(12)15-9(6)14-7-3-5-1-2-8(7)16-5/h4-5,7-8H,1-3H2,(H3,12,13,14,15). The molecule has 2 saturated heterocycles. The van der Waals surface area contributed by atoms with Crippen molar-refractivity contribution >= 4 is 27.7 Å². The van der Waals surface area contributed by atoms with Crippen LogP contribution in [0.3, 0.4) is 0 Å². The van der Waals surface area contributed by atoms with Gasteiger partial charge in [-0.15, -0.1) is 0 Å². The number of ether oxygens (including phenoxy) is 1. The van der Waals surface area contributed by atoms with Crippen molar-refractivity contribution in [3.05, 3.63) is 10.7 Å². The van der Waals surface area contributed by atoms with Crippen LogP contribution in [0.5, 0.6) is 0 Å². The second-order valence-electron chi connectivity index (χ2n) is 4.29. The van der Waals surface area contributed by atoms with Gasteiger partial charge in [0.1, 0.15) is 5.82 Å². The zero-order valence-corrected chi connectivity index (χ0v) is 10.3. The van der Waals surface area contributed by atoms with Crippen molar-refractivity contribution in [3.63, 3.8) is 0 Å². The Labute approximate surface area is 102 Å². The van der Waals surface area contributed by atoms with Crippen LogP contribution in [0.4, 0.5) is 11.8 Å². The molecule has 0 saturated carbocycles. The SMILES string of the molecule is Nc1ncc(Br)c(NC2CC3CCC2O3)n1. The van der Waals surface area contributed by atoms with Gasteiger partial charge in [-0.05, 0) is 35.2 Å². The van der Waals surface area contributed by atoms with E-state index in [4.69, 9.17) is 10.5 Å². The van der Waals surface area contributed by atoms with Crippen molar-refractivity contribution in [1.29, 1.82) is 0 Å². The maximum Gasteiger partial charge on any atom is 0.221 e. The van der Waals surface area contributed by atoms with Crippen LogP contribution >= 0.6 is 15.9 Å². The minimum Gasteiger partial charge on any atom is -0.373 e. The second kappa shape index (κ2) is 3.85. The van der Waals surface area contributed by atoms with E-state index in [-0.39, 0.29) is 5.95 Å². The summed E-state index contributed by atoms with van der Waals surface area (Å²) < 4.78 is 6.61. The molecule has 3 unspecified atom stereocenters. The zero-order chi connectivity index (χ0) is 11.1. The van der Waals surface area contributed by atoms with Gasteiger partial charge in [0.2, 0.25) is 5.95 Å². The van der Waals surface area contributed by atoms with Gasteiger partial charge in [0.15, 0.2) is 0 Å². The third kappa shape index (κ3) is 1.76. The Balaban J connectivity index is 1.76. The number of aromatic nitrogens is 2. The molecule has 0 radical (unpaired) electrons. The predicted molar refractivity (Wildman–Crippen MR) is 64.1 cm³/mol. The molecule has 0 aliphatic carbocycles. The average Bonchev–Trinajstić information content (AvgIpc) is 2.85. The van der Waals surface area contributed by atoms with Crippen LogP contribution in [0, 0.1) is 0 Å². The molecule has 3 rings (SSSR count). The molecular weight excluding hydrogens is 272 g/mol. The van der Waals surface area contributed by atoms with Crippen molar-refractivity contribution in [1.82, 2.24) is 9.97 Å². The molecule has 0 aromatic carbocycles. The molecule has 3 N–H and O–H groups in total. The fraction of sp³-hybridized carbons (Fsp3) is 0.600. The number of halogens is 1. The first-order valence-corrected chi connectivity index (χ1v) is 6.21. The summed E-state index contributed by atoms with van der Waals surface area (Å²) in [4.78, 5) is 8.08. The fourth-order valence-corrected chi connectivity index (χ4v) is 2.75. The topological polar surface area (TPSA) is 73.1 Å². The Morgan fingerprint density at radius 3 is 3.06 bits per heavy atom. The normalized spacial score (nSPS) is 31.9. The third-order valence-electron chi connectivity index (χ3n) is 3.19. The summed E-state index contributed by atoms with van der Waals surface area (Å²) in [7, 11) is 0.